The zero-order chi connectivity index (χ0) is 17.8. The van der Waals surface area contributed by atoms with Gasteiger partial charge in [-0.25, -0.2) is 0 Å². The summed E-state index contributed by atoms with van der Waals surface area (Å²) in [5.74, 6) is 1.57. The highest BCUT2D eigenvalue weighted by Gasteiger charge is 2.24. The van der Waals surface area contributed by atoms with Crippen LogP contribution in [0.4, 0.5) is 10.5 Å². The van der Waals surface area contributed by atoms with Crippen LogP contribution in [0.25, 0.3) is 0 Å². The van der Waals surface area contributed by atoms with Gasteiger partial charge in [0.1, 0.15) is 12.4 Å². The second kappa shape index (κ2) is 7.96. The molecule has 2 aromatic rings. The molecule has 0 atom stereocenters. The number of benzene rings is 2. The van der Waals surface area contributed by atoms with E-state index < -0.39 is 0 Å². The molecule has 4 heteroatoms. The Labute approximate surface area is 154 Å². The minimum absolute atomic E-state index is 0.0519. The van der Waals surface area contributed by atoms with E-state index in [0.717, 1.165) is 29.0 Å². The first-order chi connectivity index (χ1) is 12.1. The van der Waals surface area contributed by atoms with Gasteiger partial charge in [-0.2, -0.15) is 0 Å². The summed E-state index contributed by atoms with van der Waals surface area (Å²) in [5, 5.41) is 2.91. The van der Waals surface area contributed by atoms with Gasteiger partial charge in [-0.15, -0.1) is 0 Å². The Morgan fingerprint density at radius 1 is 1.24 bits per heavy atom. The molecule has 2 aromatic carbocycles. The Bertz CT molecular complexity index is 768. The molecule has 3 rings (SSSR count). The van der Waals surface area contributed by atoms with Crippen LogP contribution in [0, 0.1) is 6.92 Å². The van der Waals surface area contributed by atoms with Gasteiger partial charge in [0.2, 0.25) is 0 Å². The fourth-order valence-electron chi connectivity index (χ4n) is 2.94. The number of rotatable bonds is 6. The summed E-state index contributed by atoms with van der Waals surface area (Å²) < 4.78 is 6.08. The van der Waals surface area contributed by atoms with E-state index in [2.05, 4.69) is 43.4 Å². The largest absolute Gasteiger partial charge is 0.489 e. The SMILES string of the molecule is CCc1ccc(OCc2cc(C3CC3)ccc2NC(=O)SC)c(C)c1. The van der Waals surface area contributed by atoms with Gasteiger partial charge in [-0.1, -0.05) is 43.0 Å². The number of aryl methyl sites for hydroxylation is 2. The van der Waals surface area contributed by atoms with E-state index in [4.69, 9.17) is 4.74 Å². The molecule has 0 radical (unpaired) electrons. The van der Waals surface area contributed by atoms with Crippen molar-refractivity contribution in [3.8, 4) is 5.75 Å². The predicted molar refractivity (Wildman–Crippen MR) is 106 cm³/mol. The molecular formula is C21H25NO2S. The van der Waals surface area contributed by atoms with Crippen molar-refractivity contribution >= 4 is 22.7 Å². The number of thioether (sulfide) groups is 1. The topological polar surface area (TPSA) is 38.3 Å². The maximum atomic E-state index is 11.8. The summed E-state index contributed by atoms with van der Waals surface area (Å²) in [6.45, 7) is 4.68. The second-order valence-corrected chi connectivity index (χ2v) is 7.33. The molecule has 3 nitrogen and oxygen atoms in total. The number of carbonyl (C=O) groups is 1. The second-order valence-electron chi connectivity index (χ2n) is 6.55. The van der Waals surface area contributed by atoms with E-state index >= 15 is 0 Å². The molecule has 1 amide bonds. The average molecular weight is 356 g/mol. The number of carbonyl (C=O) groups excluding carboxylic acids is 1. The number of amides is 1. The summed E-state index contributed by atoms with van der Waals surface area (Å²) in [6.07, 6.45) is 5.32. The van der Waals surface area contributed by atoms with Gasteiger partial charge in [0.25, 0.3) is 5.24 Å². The molecule has 25 heavy (non-hydrogen) atoms. The van der Waals surface area contributed by atoms with Crippen LogP contribution in [0.2, 0.25) is 0 Å². The molecule has 1 aliphatic rings. The summed E-state index contributed by atoms with van der Waals surface area (Å²) >= 11 is 1.18. The van der Waals surface area contributed by atoms with Crippen molar-refractivity contribution in [3.63, 3.8) is 0 Å². The van der Waals surface area contributed by atoms with E-state index in [0.29, 0.717) is 12.5 Å². The van der Waals surface area contributed by atoms with Crippen molar-refractivity contribution in [3.05, 3.63) is 58.7 Å². The van der Waals surface area contributed by atoms with Gasteiger partial charge >= 0.3 is 0 Å². The molecule has 1 fully saturated rings. The minimum atomic E-state index is -0.0519. The van der Waals surface area contributed by atoms with Crippen molar-refractivity contribution in [1.29, 1.82) is 0 Å². The molecule has 1 aliphatic carbocycles. The molecule has 0 aliphatic heterocycles. The lowest BCUT2D eigenvalue weighted by Crippen LogP contribution is -2.09. The van der Waals surface area contributed by atoms with Crippen LogP contribution in [0.15, 0.2) is 36.4 Å². The van der Waals surface area contributed by atoms with Crippen LogP contribution >= 0.6 is 11.8 Å². The van der Waals surface area contributed by atoms with Crippen LogP contribution in [0.1, 0.15) is 47.9 Å². The summed E-state index contributed by atoms with van der Waals surface area (Å²) in [7, 11) is 0. The van der Waals surface area contributed by atoms with Crippen molar-refractivity contribution in [2.45, 2.75) is 45.6 Å². The Morgan fingerprint density at radius 2 is 2.04 bits per heavy atom. The first-order valence-electron chi connectivity index (χ1n) is 8.80. The van der Waals surface area contributed by atoms with Crippen LogP contribution < -0.4 is 10.1 Å². The molecule has 0 spiro atoms. The Kier molecular flexibility index (Phi) is 5.69. The highest BCUT2D eigenvalue weighted by Crippen LogP contribution is 2.41. The van der Waals surface area contributed by atoms with Gasteiger partial charge in [-0.05, 0) is 67.2 Å². The first-order valence-corrected chi connectivity index (χ1v) is 10.0. The van der Waals surface area contributed by atoms with Gasteiger partial charge < -0.3 is 10.1 Å². The molecule has 1 saturated carbocycles. The highest BCUT2D eigenvalue weighted by atomic mass is 32.2. The summed E-state index contributed by atoms with van der Waals surface area (Å²) in [5.41, 5.74) is 5.68. The number of nitrogens with one attached hydrogen (secondary N) is 1. The van der Waals surface area contributed by atoms with Crippen LogP contribution in [-0.2, 0) is 13.0 Å². The molecule has 0 aromatic heterocycles. The lowest BCUT2D eigenvalue weighted by atomic mass is 10.1. The average Bonchev–Trinajstić information content (AvgIpc) is 3.46. The molecular weight excluding hydrogens is 330 g/mol. The minimum Gasteiger partial charge on any atom is -0.489 e. The maximum Gasteiger partial charge on any atom is 0.283 e. The fourth-order valence-corrected chi connectivity index (χ4v) is 3.15. The van der Waals surface area contributed by atoms with E-state index in [-0.39, 0.29) is 5.24 Å². The van der Waals surface area contributed by atoms with Gasteiger partial charge in [-0.3, -0.25) is 4.79 Å². The first kappa shape index (κ1) is 17.9. The molecule has 0 unspecified atom stereocenters. The van der Waals surface area contributed by atoms with E-state index in [9.17, 15) is 4.79 Å². The zero-order valence-electron chi connectivity index (χ0n) is 15.1. The standard InChI is InChI=1S/C21H25NO2S/c1-4-15-5-10-20(14(2)11-15)24-13-18-12-17(16-6-7-16)8-9-19(18)22-21(23)25-3/h5,8-12,16H,4,6-7,13H2,1-3H3,(H,22,23). The zero-order valence-corrected chi connectivity index (χ0v) is 15.9. The monoisotopic (exact) mass is 355 g/mol. The third-order valence-corrected chi connectivity index (χ3v) is 5.10. The van der Waals surface area contributed by atoms with Gasteiger partial charge in [0.15, 0.2) is 0 Å². The third kappa shape index (κ3) is 4.57. The summed E-state index contributed by atoms with van der Waals surface area (Å²) in [6, 6.07) is 12.6. The van der Waals surface area contributed by atoms with Crippen LogP contribution in [0.5, 0.6) is 5.75 Å². The molecule has 1 N–H and O–H groups in total. The maximum absolute atomic E-state index is 11.8. The van der Waals surface area contributed by atoms with E-state index in [1.54, 1.807) is 6.26 Å². The number of hydrogen-bond acceptors (Lipinski definition) is 3. The molecule has 132 valence electrons. The molecule has 0 heterocycles. The van der Waals surface area contributed by atoms with Crippen molar-refractivity contribution in [1.82, 2.24) is 0 Å². The quantitative estimate of drug-likeness (QED) is 0.700. The third-order valence-electron chi connectivity index (χ3n) is 4.63. The molecule has 0 saturated heterocycles. The smallest absolute Gasteiger partial charge is 0.283 e. The Balaban J connectivity index is 1.79. The van der Waals surface area contributed by atoms with Crippen LogP contribution in [0.3, 0.4) is 0 Å². The normalized spacial score (nSPS) is 13.6. The molecule has 0 bridgehead atoms. The fraction of sp³-hybridized carbons (Fsp3) is 0.381. The van der Waals surface area contributed by atoms with Gasteiger partial charge in [0.05, 0.1) is 0 Å². The van der Waals surface area contributed by atoms with Crippen LogP contribution in [-0.4, -0.2) is 11.5 Å². The number of anilines is 1. The Morgan fingerprint density at radius 3 is 2.68 bits per heavy atom. The van der Waals surface area contributed by atoms with Crippen molar-refractivity contribution in [2.24, 2.45) is 0 Å². The Hall–Kier alpha value is -1.94. The van der Waals surface area contributed by atoms with E-state index in [1.165, 1.54) is 35.7 Å². The lowest BCUT2D eigenvalue weighted by molar-refractivity contribution is 0.269. The highest BCUT2D eigenvalue weighted by molar-refractivity contribution is 8.13. The van der Waals surface area contributed by atoms with Crippen molar-refractivity contribution < 1.29 is 9.53 Å². The summed E-state index contributed by atoms with van der Waals surface area (Å²) in [4.78, 5) is 11.8. The van der Waals surface area contributed by atoms with E-state index in [1.807, 2.05) is 12.1 Å². The number of hydrogen-bond donors (Lipinski definition) is 1. The predicted octanol–water partition coefficient (Wildman–Crippen LogP) is 5.91. The van der Waals surface area contributed by atoms with Crippen molar-refractivity contribution in [2.75, 3.05) is 11.6 Å². The van der Waals surface area contributed by atoms with Gasteiger partial charge in [0, 0.05) is 11.3 Å². The lowest BCUT2D eigenvalue weighted by Gasteiger charge is -2.15. The number of ether oxygens (including phenoxy) is 1.